The SMILES string of the molecule is O=C(C[N+]12CCC(CC1)[C@@H](OC(=O)C(O)(c1ccoc1)c1ccoc1)C2)Nc1ncncn1. The maximum atomic E-state index is 13.3. The van der Waals surface area contributed by atoms with E-state index in [1.165, 1.54) is 49.8 Å². The Morgan fingerprint density at radius 3 is 2.33 bits per heavy atom. The molecule has 3 aromatic rings. The van der Waals surface area contributed by atoms with Crippen LogP contribution < -0.4 is 5.32 Å². The van der Waals surface area contributed by atoms with Crippen LogP contribution in [-0.4, -0.2) is 68.7 Å². The number of aliphatic hydroxyl groups is 1. The van der Waals surface area contributed by atoms with Crippen LogP contribution in [0.3, 0.4) is 0 Å². The fraction of sp³-hybridized carbons (Fsp3) is 0.409. The highest BCUT2D eigenvalue weighted by Crippen LogP contribution is 2.38. The van der Waals surface area contributed by atoms with Crippen molar-refractivity contribution in [2.45, 2.75) is 24.5 Å². The topological polar surface area (TPSA) is 141 Å². The van der Waals surface area contributed by atoms with Gasteiger partial charge in [-0.15, -0.1) is 0 Å². The van der Waals surface area contributed by atoms with Crippen LogP contribution in [0.4, 0.5) is 5.95 Å². The first-order valence-electron chi connectivity index (χ1n) is 10.7. The van der Waals surface area contributed by atoms with E-state index in [-0.39, 0.29) is 35.4 Å². The number of nitrogens with zero attached hydrogens (tertiary/aromatic N) is 4. The minimum atomic E-state index is -2.05. The molecule has 0 aliphatic carbocycles. The summed E-state index contributed by atoms with van der Waals surface area (Å²) in [6.45, 7) is 2.35. The second-order valence-electron chi connectivity index (χ2n) is 8.66. The number of esters is 1. The Morgan fingerprint density at radius 2 is 1.76 bits per heavy atom. The highest BCUT2D eigenvalue weighted by Gasteiger charge is 2.51. The number of hydrogen-bond donors (Lipinski definition) is 2. The van der Waals surface area contributed by atoms with Crippen molar-refractivity contribution in [3.63, 3.8) is 0 Å². The van der Waals surface area contributed by atoms with Gasteiger partial charge in [-0.2, -0.15) is 0 Å². The summed E-state index contributed by atoms with van der Waals surface area (Å²) < 4.78 is 16.6. The van der Waals surface area contributed by atoms with Gasteiger partial charge in [-0.3, -0.25) is 10.1 Å². The molecule has 6 rings (SSSR count). The summed E-state index contributed by atoms with van der Waals surface area (Å²) in [4.78, 5) is 37.6. The molecule has 3 fully saturated rings. The number of ether oxygens (including phenoxy) is 1. The second-order valence-corrected chi connectivity index (χ2v) is 8.66. The van der Waals surface area contributed by atoms with Gasteiger partial charge < -0.3 is 23.2 Å². The van der Waals surface area contributed by atoms with E-state index in [9.17, 15) is 14.7 Å². The van der Waals surface area contributed by atoms with Crippen molar-refractivity contribution in [2.75, 3.05) is 31.5 Å². The van der Waals surface area contributed by atoms with E-state index >= 15 is 0 Å². The lowest BCUT2D eigenvalue weighted by atomic mass is 9.82. The number of amides is 1. The molecule has 1 atom stereocenters. The molecule has 0 unspecified atom stereocenters. The summed E-state index contributed by atoms with van der Waals surface area (Å²) in [7, 11) is 0. The van der Waals surface area contributed by atoms with E-state index in [2.05, 4.69) is 20.3 Å². The lowest BCUT2D eigenvalue weighted by molar-refractivity contribution is -0.939. The third kappa shape index (κ3) is 4.00. The standard InChI is InChI=1S/C22H23N5O6/c28-19(26-21-24-13-23-14-25-21)10-27-5-1-15(2-6-27)18(9-27)33-20(29)22(30,16-3-7-31-11-16)17-4-8-32-12-17/h3-4,7-8,11-15,18,30H,1-2,5-6,9-10H2/p+1/t15?,18-,27?/m0/s1. The minimum Gasteiger partial charge on any atom is -0.472 e. The first-order valence-corrected chi connectivity index (χ1v) is 10.7. The van der Waals surface area contributed by atoms with Crippen LogP contribution in [0.5, 0.6) is 0 Å². The Kier molecular flexibility index (Phi) is 5.43. The first-order chi connectivity index (χ1) is 16.0. The molecule has 11 heteroatoms. The van der Waals surface area contributed by atoms with Crippen molar-refractivity contribution in [1.29, 1.82) is 0 Å². The smallest absolute Gasteiger partial charge is 0.348 e. The van der Waals surface area contributed by atoms with Gasteiger partial charge in [0.1, 0.15) is 19.2 Å². The number of nitrogens with one attached hydrogen (secondary N) is 1. The van der Waals surface area contributed by atoms with Crippen molar-refractivity contribution >= 4 is 17.8 Å². The molecule has 11 nitrogen and oxygen atoms in total. The summed E-state index contributed by atoms with van der Waals surface area (Å²) in [6.07, 6.45) is 9.25. The quantitative estimate of drug-likeness (QED) is 0.396. The van der Waals surface area contributed by atoms with Crippen LogP contribution in [0.25, 0.3) is 0 Å². The van der Waals surface area contributed by atoms with E-state index in [4.69, 9.17) is 13.6 Å². The zero-order chi connectivity index (χ0) is 22.9. The number of carbonyl (C=O) groups excluding carboxylic acids is 2. The fourth-order valence-corrected chi connectivity index (χ4v) is 4.92. The normalized spacial score (nSPS) is 24.4. The molecule has 2 bridgehead atoms. The Morgan fingerprint density at radius 1 is 1.12 bits per heavy atom. The zero-order valence-corrected chi connectivity index (χ0v) is 17.8. The Hall–Kier alpha value is -3.57. The molecule has 2 N–H and O–H groups in total. The van der Waals surface area contributed by atoms with Gasteiger partial charge in [-0.05, 0) is 12.1 Å². The average Bonchev–Trinajstić information content (AvgIpc) is 3.54. The second kappa shape index (κ2) is 8.41. The lowest BCUT2D eigenvalue weighted by Crippen LogP contribution is -2.66. The van der Waals surface area contributed by atoms with Gasteiger partial charge >= 0.3 is 5.97 Å². The number of anilines is 1. The molecule has 3 aromatic heterocycles. The molecule has 0 radical (unpaired) electrons. The zero-order valence-electron chi connectivity index (χ0n) is 17.8. The Bertz CT molecular complexity index is 1060. The molecule has 0 aromatic carbocycles. The van der Waals surface area contributed by atoms with Crippen LogP contribution in [-0.2, 0) is 19.9 Å². The van der Waals surface area contributed by atoms with E-state index in [0.717, 1.165) is 25.9 Å². The van der Waals surface area contributed by atoms with Gasteiger partial charge in [-0.25, -0.2) is 19.7 Å². The summed E-state index contributed by atoms with van der Waals surface area (Å²) >= 11 is 0. The molecule has 3 aliphatic heterocycles. The molecule has 6 heterocycles. The van der Waals surface area contributed by atoms with E-state index in [1.54, 1.807) is 0 Å². The van der Waals surface area contributed by atoms with Crippen LogP contribution in [0, 0.1) is 5.92 Å². The van der Waals surface area contributed by atoms with Crippen molar-refractivity contribution < 1.29 is 32.7 Å². The van der Waals surface area contributed by atoms with Crippen LogP contribution in [0.2, 0.25) is 0 Å². The maximum Gasteiger partial charge on any atom is 0.348 e. The van der Waals surface area contributed by atoms with Gasteiger partial charge in [0.15, 0.2) is 12.6 Å². The van der Waals surface area contributed by atoms with Gasteiger partial charge in [0.25, 0.3) is 5.91 Å². The number of rotatable bonds is 7. The van der Waals surface area contributed by atoms with Gasteiger partial charge in [0.05, 0.1) is 38.1 Å². The van der Waals surface area contributed by atoms with Crippen LogP contribution >= 0.6 is 0 Å². The third-order valence-corrected chi connectivity index (χ3v) is 6.70. The van der Waals surface area contributed by atoms with Crippen molar-refractivity contribution in [3.05, 3.63) is 61.0 Å². The predicted molar refractivity (Wildman–Crippen MR) is 111 cm³/mol. The van der Waals surface area contributed by atoms with Gasteiger partial charge in [0.2, 0.25) is 11.5 Å². The monoisotopic (exact) mass is 454 g/mol. The van der Waals surface area contributed by atoms with E-state index < -0.39 is 17.7 Å². The number of piperidine rings is 3. The maximum absolute atomic E-state index is 13.3. The van der Waals surface area contributed by atoms with E-state index in [1.807, 2.05) is 0 Å². The van der Waals surface area contributed by atoms with Gasteiger partial charge in [0, 0.05) is 29.9 Å². The number of hydrogen-bond acceptors (Lipinski definition) is 9. The molecular formula is C22H24N5O6+. The van der Waals surface area contributed by atoms with Crippen LogP contribution in [0.1, 0.15) is 24.0 Å². The minimum absolute atomic E-state index is 0.179. The fourth-order valence-electron chi connectivity index (χ4n) is 4.92. The Balaban J connectivity index is 1.31. The lowest BCUT2D eigenvalue weighted by Gasteiger charge is -2.51. The number of carbonyl (C=O) groups is 2. The summed E-state index contributed by atoms with van der Waals surface area (Å²) in [5.41, 5.74) is -1.53. The highest BCUT2D eigenvalue weighted by molar-refractivity contribution is 5.89. The number of fused-ring (bicyclic) bond motifs is 3. The van der Waals surface area contributed by atoms with Crippen LogP contribution in [0.15, 0.2) is 58.7 Å². The van der Waals surface area contributed by atoms with Crippen molar-refractivity contribution in [3.8, 4) is 0 Å². The van der Waals surface area contributed by atoms with Gasteiger partial charge in [-0.1, -0.05) is 0 Å². The Labute approximate surface area is 189 Å². The molecule has 172 valence electrons. The third-order valence-electron chi connectivity index (χ3n) is 6.70. The summed E-state index contributed by atoms with van der Waals surface area (Å²) in [5, 5.41) is 14.1. The molecule has 33 heavy (non-hydrogen) atoms. The molecule has 0 saturated carbocycles. The van der Waals surface area contributed by atoms with E-state index in [0.29, 0.717) is 11.0 Å². The summed E-state index contributed by atoms with van der Waals surface area (Å²) in [6, 6.07) is 3.04. The molecule has 3 aliphatic rings. The molecular weight excluding hydrogens is 430 g/mol. The number of quaternary nitrogens is 1. The molecule has 1 amide bonds. The number of furan rings is 2. The first kappa shape index (κ1) is 21.3. The van der Waals surface area contributed by atoms with Crippen molar-refractivity contribution in [2.24, 2.45) is 5.92 Å². The summed E-state index contributed by atoms with van der Waals surface area (Å²) in [5.74, 6) is -0.622. The highest BCUT2D eigenvalue weighted by atomic mass is 16.6. The largest absolute Gasteiger partial charge is 0.472 e. The molecule has 3 saturated heterocycles. The van der Waals surface area contributed by atoms with Crippen molar-refractivity contribution in [1.82, 2.24) is 15.0 Å². The average molecular weight is 454 g/mol. The predicted octanol–water partition coefficient (Wildman–Crippen LogP) is 1.08. The number of aromatic nitrogens is 3. The molecule has 0 spiro atoms.